The highest BCUT2D eigenvalue weighted by atomic mass is 35.5. The molecule has 0 saturated heterocycles. The second kappa shape index (κ2) is 9.52. The number of pyridine rings is 1. The Labute approximate surface area is 167 Å². The molecule has 0 aliphatic carbocycles. The molecule has 2 heterocycles. The van der Waals surface area contributed by atoms with Crippen molar-refractivity contribution in [1.29, 1.82) is 0 Å². The van der Waals surface area contributed by atoms with Crippen LogP contribution in [0.25, 0.3) is 0 Å². The molecular formula is C19H20ClN7O. The first-order valence-corrected chi connectivity index (χ1v) is 9.05. The number of rotatable bonds is 7. The topological polar surface area (TPSA) is 104 Å². The van der Waals surface area contributed by atoms with Crippen molar-refractivity contribution in [2.24, 2.45) is 0 Å². The minimum absolute atomic E-state index is 0.298. The van der Waals surface area contributed by atoms with E-state index in [0.717, 1.165) is 5.56 Å². The first-order chi connectivity index (χ1) is 13.6. The average Bonchev–Trinajstić information content (AvgIpc) is 2.71. The van der Waals surface area contributed by atoms with Crippen molar-refractivity contribution in [1.82, 2.24) is 20.5 Å². The zero-order valence-electron chi connectivity index (χ0n) is 15.2. The number of amides is 2. The van der Waals surface area contributed by atoms with Crippen LogP contribution in [0, 0.1) is 6.92 Å². The fraction of sp³-hybridized carbons (Fsp3) is 0.158. The van der Waals surface area contributed by atoms with Gasteiger partial charge in [-0.3, -0.25) is 0 Å². The van der Waals surface area contributed by atoms with Gasteiger partial charge >= 0.3 is 6.03 Å². The van der Waals surface area contributed by atoms with E-state index in [9.17, 15) is 4.79 Å². The summed E-state index contributed by atoms with van der Waals surface area (Å²) >= 11 is 6.05. The van der Waals surface area contributed by atoms with E-state index in [1.54, 1.807) is 36.5 Å². The van der Waals surface area contributed by atoms with Gasteiger partial charge < -0.3 is 21.3 Å². The Balaban J connectivity index is 1.40. The van der Waals surface area contributed by atoms with Gasteiger partial charge in [0, 0.05) is 30.0 Å². The van der Waals surface area contributed by atoms with Crippen molar-refractivity contribution >= 4 is 40.8 Å². The molecular weight excluding hydrogens is 378 g/mol. The zero-order chi connectivity index (χ0) is 19.8. The lowest BCUT2D eigenvalue weighted by atomic mass is 10.2. The lowest BCUT2D eigenvalue weighted by molar-refractivity contribution is 0.252. The molecule has 3 rings (SSSR count). The fourth-order valence-corrected chi connectivity index (χ4v) is 2.51. The molecule has 2 aromatic heterocycles. The molecule has 2 amide bonds. The van der Waals surface area contributed by atoms with Crippen molar-refractivity contribution in [2.75, 3.05) is 29.0 Å². The quantitative estimate of drug-likeness (QED) is 0.452. The van der Waals surface area contributed by atoms with E-state index in [4.69, 9.17) is 11.6 Å². The summed E-state index contributed by atoms with van der Waals surface area (Å²) in [7, 11) is 0. The van der Waals surface area contributed by atoms with Crippen LogP contribution < -0.4 is 21.3 Å². The maximum Gasteiger partial charge on any atom is 0.319 e. The molecule has 0 saturated carbocycles. The van der Waals surface area contributed by atoms with E-state index in [-0.39, 0.29) is 6.03 Å². The van der Waals surface area contributed by atoms with Crippen LogP contribution in [0.5, 0.6) is 0 Å². The van der Waals surface area contributed by atoms with Crippen LogP contribution in [-0.2, 0) is 0 Å². The number of hydrogen-bond donors (Lipinski definition) is 4. The number of urea groups is 1. The molecule has 0 bridgehead atoms. The Hall–Kier alpha value is -3.39. The predicted octanol–water partition coefficient (Wildman–Crippen LogP) is 3.81. The third kappa shape index (κ3) is 5.55. The van der Waals surface area contributed by atoms with Crippen LogP contribution in [0.15, 0.2) is 54.7 Å². The number of nitrogens with zero attached hydrogens (tertiary/aromatic N) is 3. The summed E-state index contributed by atoms with van der Waals surface area (Å²) in [6.45, 7) is 2.77. The summed E-state index contributed by atoms with van der Waals surface area (Å²) in [5.74, 6) is 1.90. The van der Waals surface area contributed by atoms with E-state index in [1.165, 1.54) is 0 Å². The first-order valence-electron chi connectivity index (χ1n) is 8.67. The Morgan fingerprint density at radius 3 is 2.54 bits per heavy atom. The van der Waals surface area contributed by atoms with Gasteiger partial charge in [-0.1, -0.05) is 23.7 Å². The number of carbonyl (C=O) groups is 1. The fourth-order valence-electron chi connectivity index (χ4n) is 2.34. The highest BCUT2D eigenvalue weighted by molar-refractivity contribution is 6.31. The van der Waals surface area contributed by atoms with E-state index < -0.39 is 0 Å². The molecule has 3 aromatic rings. The molecule has 8 nitrogen and oxygen atoms in total. The maximum atomic E-state index is 12.0. The third-order valence-electron chi connectivity index (χ3n) is 3.82. The Bertz CT molecular complexity index is 919. The number of aromatic nitrogens is 3. The van der Waals surface area contributed by atoms with Gasteiger partial charge in [-0.25, -0.2) is 9.78 Å². The Morgan fingerprint density at radius 2 is 1.79 bits per heavy atom. The lowest BCUT2D eigenvalue weighted by Gasteiger charge is -2.11. The van der Waals surface area contributed by atoms with E-state index in [0.29, 0.717) is 41.3 Å². The summed E-state index contributed by atoms with van der Waals surface area (Å²) in [6, 6.07) is 14.2. The first kappa shape index (κ1) is 19.4. The molecule has 0 fully saturated rings. The average molecular weight is 398 g/mol. The van der Waals surface area contributed by atoms with E-state index >= 15 is 0 Å². The van der Waals surface area contributed by atoms with Gasteiger partial charge in [-0.2, -0.15) is 0 Å². The monoisotopic (exact) mass is 397 g/mol. The van der Waals surface area contributed by atoms with Crippen molar-refractivity contribution < 1.29 is 4.79 Å². The Kier molecular flexibility index (Phi) is 6.59. The number of hydrogen-bond acceptors (Lipinski definition) is 6. The summed E-state index contributed by atoms with van der Waals surface area (Å²) in [4.78, 5) is 16.1. The largest absolute Gasteiger partial charge is 0.367 e. The van der Waals surface area contributed by atoms with E-state index in [1.807, 2.05) is 25.1 Å². The molecule has 28 heavy (non-hydrogen) atoms. The molecule has 144 valence electrons. The number of anilines is 4. The molecule has 0 spiro atoms. The normalized spacial score (nSPS) is 10.2. The van der Waals surface area contributed by atoms with Crippen molar-refractivity contribution in [2.45, 2.75) is 6.92 Å². The predicted molar refractivity (Wildman–Crippen MR) is 111 cm³/mol. The van der Waals surface area contributed by atoms with Gasteiger partial charge in [0.1, 0.15) is 11.6 Å². The molecule has 9 heteroatoms. The summed E-state index contributed by atoms with van der Waals surface area (Å²) < 4.78 is 0. The van der Waals surface area contributed by atoms with Crippen LogP contribution in [0.3, 0.4) is 0 Å². The number of nitrogens with one attached hydrogen (secondary N) is 4. The molecule has 1 aromatic carbocycles. The third-order valence-corrected chi connectivity index (χ3v) is 4.23. The highest BCUT2D eigenvalue weighted by Crippen LogP contribution is 2.22. The van der Waals surface area contributed by atoms with Gasteiger partial charge in [0.2, 0.25) is 0 Å². The Morgan fingerprint density at radius 1 is 0.964 bits per heavy atom. The lowest BCUT2D eigenvalue weighted by Crippen LogP contribution is -2.33. The zero-order valence-corrected chi connectivity index (χ0v) is 16.0. The molecule has 0 unspecified atom stereocenters. The second-order valence-electron chi connectivity index (χ2n) is 5.86. The maximum absolute atomic E-state index is 12.0. The van der Waals surface area contributed by atoms with Crippen molar-refractivity contribution in [3.05, 3.63) is 65.3 Å². The number of carbonyl (C=O) groups excluding carboxylic acids is 1. The standard InChI is InChI=1S/C19H20ClN7O/c1-13-14(20)5-4-6-15(13)24-19(28)23-12-11-22-17-8-9-18(27-26-17)25-16-7-2-3-10-21-16/h2-10H,11-12H2,1H3,(H,22,26)(H,21,25,27)(H2,23,24,28). The summed E-state index contributed by atoms with van der Waals surface area (Å²) in [6.07, 6.45) is 1.70. The van der Waals surface area contributed by atoms with E-state index in [2.05, 4.69) is 36.4 Å². The van der Waals surface area contributed by atoms with Crippen LogP contribution in [0.2, 0.25) is 5.02 Å². The van der Waals surface area contributed by atoms with Crippen molar-refractivity contribution in [3.8, 4) is 0 Å². The summed E-state index contributed by atoms with van der Waals surface area (Å²) in [5.41, 5.74) is 1.51. The van der Waals surface area contributed by atoms with Gasteiger partial charge in [-0.15, -0.1) is 10.2 Å². The molecule has 4 N–H and O–H groups in total. The molecule has 0 aliphatic rings. The van der Waals surface area contributed by atoms with Gasteiger partial charge in [0.05, 0.1) is 0 Å². The molecule has 0 aliphatic heterocycles. The van der Waals surface area contributed by atoms with Crippen LogP contribution in [-0.4, -0.2) is 34.3 Å². The van der Waals surface area contributed by atoms with Crippen LogP contribution in [0.4, 0.5) is 27.9 Å². The smallest absolute Gasteiger partial charge is 0.319 e. The molecule has 0 atom stereocenters. The van der Waals surface area contributed by atoms with Gasteiger partial charge in [0.15, 0.2) is 5.82 Å². The summed E-state index contributed by atoms with van der Waals surface area (Å²) in [5, 5.41) is 20.5. The minimum Gasteiger partial charge on any atom is -0.367 e. The van der Waals surface area contributed by atoms with Crippen LogP contribution >= 0.6 is 11.6 Å². The molecule has 0 radical (unpaired) electrons. The van der Waals surface area contributed by atoms with Crippen molar-refractivity contribution in [3.63, 3.8) is 0 Å². The van der Waals surface area contributed by atoms with Gasteiger partial charge in [0.25, 0.3) is 0 Å². The number of halogens is 1. The second-order valence-corrected chi connectivity index (χ2v) is 6.27. The number of benzene rings is 1. The minimum atomic E-state index is -0.298. The van der Waals surface area contributed by atoms with Gasteiger partial charge in [-0.05, 0) is 48.9 Å². The highest BCUT2D eigenvalue weighted by Gasteiger charge is 2.06. The SMILES string of the molecule is Cc1c(Cl)cccc1NC(=O)NCCNc1ccc(Nc2ccccn2)nn1. The van der Waals surface area contributed by atoms with Crippen LogP contribution in [0.1, 0.15) is 5.56 Å².